The average molecular weight is 520 g/mol. The number of nitrogens with two attached hydrogens (primary N) is 1. The van der Waals surface area contributed by atoms with Crippen LogP contribution in [0.3, 0.4) is 0 Å². The molecule has 10 nitrogen and oxygen atoms in total. The molecule has 1 aliphatic rings. The van der Waals surface area contributed by atoms with Crippen LogP contribution in [0.2, 0.25) is 5.02 Å². The molecule has 1 unspecified atom stereocenters. The lowest BCUT2D eigenvalue weighted by Gasteiger charge is -2.15. The number of nitrogens with zero attached hydrogens (tertiary/aromatic N) is 7. The maximum absolute atomic E-state index is 15.3. The van der Waals surface area contributed by atoms with E-state index in [2.05, 4.69) is 37.1 Å². The minimum absolute atomic E-state index is 0.0517. The fourth-order valence-electron chi connectivity index (χ4n) is 4.54. The molecule has 1 atom stereocenters. The number of pyridine rings is 2. The topological polar surface area (TPSA) is 133 Å². The molecule has 0 bridgehead atoms. The summed E-state index contributed by atoms with van der Waals surface area (Å²) in [7, 11) is 0. The van der Waals surface area contributed by atoms with Crippen molar-refractivity contribution in [2.24, 2.45) is 0 Å². The molecule has 5 heterocycles. The van der Waals surface area contributed by atoms with Crippen molar-refractivity contribution < 1.29 is 8.78 Å². The van der Waals surface area contributed by atoms with E-state index in [4.69, 9.17) is 17.3 Å². The molecule has 0 fully saturated rings. The highest BCUT2D eigenvalue weighted by Gasteiger charge is 2.31. The van der Waals surface area contributed by atoms with Gasteiger partial charge in [0, 0.05) is 23.7 Å². The molecule has 4 aromatic heterocycles. The summed E-state index contributed by atoms with van der Waals surface area (Å²) in [4.78, 5) is 24.4. The molecule has 0 amide bonds. The summed E-state index contributed by atoms with van der Waals surface area (Å²) in [6.45, 7) is 4.11. The van der Waals surface area contributed by atoms with Gasteiger partial charge in [0.05, 0.1) is 34.2 Å². The van der Waals surface area contributed by atoms with E-state index in [0.29, 0.717) is 34.6 Å². The maximum Gasteiger partial charge on any atom is 0.252 e. The Bertz CT molecular complexity index is 1760. The number of hydrogen-bond donors (Lipinski definition) is 2. The van der Waals surface area contributed by atoms with E-state index in [1.165, 1.54) is 41.5 Å². The third-order valence-corrected chi connectivity index (χ3v) is 6.51. The summed E-state index contributed by atoms with van der Waals surface area (Å²) >= 11 is 6.07. The van der Waals surface area contributed by atoms with Crippen LogP contribution in [0, 0.1) is 11.8 Å². The van der Waals surface area contributed by atoms with Crippen LogP contribution in [0.1, 0.15) is 23.9 Å². The van der Waals surface area contributed by atoms with E-state index in [1.54, 1.807) is 16.7 Å². The number of rotatable bonds is 4. The lowest BCUT2D eigenvalue weighted by molar-refractivity contribution is 0.587. The number of nitrogen functional groups attached to an aromatic ring is 1. The van der Waals surface area contributed by atoms with Crippen LogP contribution in [0.15, 0.2) is 60.3 Å². The normalized spacial score (nSPS) is 14.8. The van der Waals surface area contributed by atoms with Crippen molar-refractivity contribution in [1.82, 2.24) is 39.7 Å². The molecule has 6 rings (SSSR count). The molecule has 3 N–H and O–H groups in total. The number of allylic oxidation sites excluding steroid dienone is 1. The second kappa shape index (κ2) is 8.45. The van der Waals surface area contributed by atoms with Gasteiger partial charge in [0.25, 0.3) is 5.56 Å². The van der Waals surface area contributed by atoms with Gasteiger partial charge in [-0.3, -0.25) is 9.36 Å². The summed E-state index contributed by atoms with van der Waals surface area (Å²) < 4.78 is 32.4. The predicted octanol–water partition coefficient (Wildman–Crippen LogP) is 3.80. The van der Waals surface area contributed by atoms with E-state index < -0.39 is 23.4 Å². The molecule has 0 aliphatic carbocycles. The number of tetrazole rings is 1. The molecule has 5 aromatic rings. The summed E-state index contributed by atoms with van der Waals surface area (Å²) in [5, 5.41) is 10.9. The van der Waals surface area contributed by atoms with Gasteiger partial charge in [-0.2, -0.15) is 9.07 Å². The fraction of sp³-hybridized carbons (Fsp3) is 0.0833. The number of benzene rings is 1. The third kappa shape index (κ3) is 3.69. The number of nitrogens with one attached hydrogen (secondary N) is 1. The highest BCUT2D eigenvalue weighted by molar-refractivity contribution is 6.31. The summed E-state index contributed by atoms with van der Waals surface area (Å²) in [5.74, 6) is -1.18. The van der Waals surface area contributed by atoms with Crippen LogP contribution in [-0.4, -0.2) is 39.7 Å². The highest BCUT2D eigenvalue weighted by atomic mass is 35.5. The van der Waals surface area contributed by atoms with E-state index in [1.807, 2.05) is 0 Å². The van der Waals surface area contributed by atoms with Crippen molar-refractivity contribution >= 4 is 23.0 Å². The van der Waals surface area contributed by atoms with Crippen molar-refractivity contribution in [1.29, 1.82) is 0 Å². The predicted molar refractivity (Wildman–Crippen MR) is 132 cm³/mol. The van der Waals surface area contributed by atoms with Gasteiger partial charge < -0.3 is 10.7 Å². The van der Waals surface area contributed by atoms with Crippen LogP contribution in [0.5, 0.6) is 0 Å². The third-order valence-electron chi connectivity index (χ3n) is 6.22. The van der Waals surface area contributed by atoms with Crippen molar-refractivity contribution in [2.45, 2.75) is 12.5 Å². The van der Waals surface area contributed by atoms with Gasteiger partial charge in [-0.15, -0.1) is 5.10 Å². The average Bonchev–Trinajstić information content (AvgIpc) is 3.62. The minimum Gasteiger partial charge on any atom is -0.384 e. The Balaban J connectivity index is 1.45. The van der Waals surface area contributed by atoms with Gasteiger partial charge in [0.2, 0.25) is 5.95 Å². The van der Waals surface area contributed by atoms with Gasteiger partial charge >= 0.3 is 0 Å². The van der Waals surface area contributed by atoms with E-state index >= 15 is 4.39 Å². The van der Waals surface area contributed by atoms with Gasteiger partial charge in [-0.05, 0) is 51.9 Å². The molecule has 0 saturated carbocycles. The number of aromatic nitrogens is 8. The monoisotopic (exact) mass is 519 g/mol. The quantitative estimate of drug-likeness (QED) is 0.345. The molecular weight excluding hydrogens is 504 g/mol. The van der Waals surface area contributed by atoms with Gasteiger partial charge in [-0.1, -0.05) is 18.2 Å². The Morgan fingerprint density at radius 3 is 2.78 bits per heavy atom. The maximum atomic E-state index is 15.3. The number of imidazole rings is 1. The second-order valence-corrected chi connectivity index (χ2v) is 8.84. The summed E-state index contributed by atoms with van der Waals surface area (Å²) in [6.07, 6.45) is 3.24. The molecule has 37 heavy (non-hydrogen) atoms. The van der Waals surface area contributed by atoms with Crippen LogP contribution >= 0.6 is 11.6 Å². The molecule has 1 aromatic carbocycles. The number of aromatic amines is 1. The molecule has 0 radical (unpaired) electrons. The first-order valence-corrected chi connectivity index (χ1v) is 11.3. The zero-order chi connectivity index (χ0) is 25.8. The number of H-pyrrole nitrogens is 1. The fourth-order valence-corrected chi connectivity index (χ4v) is 4.70. The standard InChI is InChI=1S/C24H16ClF2N9O/c1-11-6-18(15-9-29-24(31-15)13-2-5-19(28)32-23(13)27)36-17(11)7-12(8-20(36)37)21-16(35-10-30-33-34-35)4-3-14(25)22(21)26/h2-5,7-10,18H,1,6H2,(H2,28,32)(H,29,31). The molecule has 184 valence electrons. The molecule has 13 heteroatoms. The van der Waals surface area contributed by atoms with Crippen LogP contribution in [0.4, 0.5) is 14.6 Å². The smallest absolute Gasteiger partial charge is 0.252 e. The Morgan fingerprint density at radius 2 is 2.03 bits per heavy atom. The number of halogens is 3. The zero-order valence-corrected chi connectivity index (χ0v) is 19.6. The van der Waals surface area contributed by atoms with Crippen molar-refractivity contribution in [3.8, 4) is 28.2 Å². The van der Waals surface area contributed by atoms with Crippen LogP contribution in [0.25, 0.3) is 33.8 Å². The van der Waals surface area contributed by atoms with E-state index in [0.717, 1.165) is 0 Å². The van der Waals surface area contributed by atoms with Gasteiger partial charge in [0.1, 0.15) is 18.0 Å². The van der Waals surface area contributed by atoms with E-state index in [-0.39, 0.29) is 27.8 Å². The largest absolute Gasteiger partial charge is 0.384 e. The Labute approximate surface area is 212 Å². The number of anilines is 1. The Morgan fingerprint density at radius 1 is 1.19 bits per heavy atom. The lowest BCUT2D eigenvalue weighted by atomic mass is 10.0. The van der Waals surface area contributed by atoms with Crippen molar-refractivity contribution in [2.75, 3.05) is 5.73 Å². The highest BCUT2D eigenvalue weighted by Crippen LogP contribution is 2.40. The molecular formula is C24H16ClF2N9O. The summed E-state index contributed by atoms with van der Waals surface area (Å²) in [5.41, 5.74) is 7.72. The molecule has 0 spiro atoms. The number of fused-ring (bicyclic) bond motifs is 1. The first kappa shape index (κ1) is 22.7. The SMILES string of the molecule is C=C1CC(c2cnc(-c3ccc(N)nc3F)[nH]2)n2c1cc(-c1c(-n3cnnn3)ccc(Cl)c1F)cc2=O. The van der Waals surface area contributed by atoms with Crippen molar-refractivity contribution in [3.05, 3.63) is 94.0 Å². The molecule has 0 saturated heterocycles. The number of hydrogen-bond acceptors (Lipinski definition) is 7. The first-order chi connectivity index (χ1) is 17.8. The molecule has 1 aliphatic heterocycles. The van der Waals surface area contributed by atoms with Gasteiger partial charge in [-0.25, -0.2) is 14.4 Å². The van der Waals surface area contributed by atoms with Gasteiger partial charge in [0.15, 0.2) is 5.82 Å². The Kier molecular flexibility index (Phi) is 5.19. The zero-order valence-electron chi connectivity index (χ0n) is 18.9. The first-order valence-electron chi connectivity index (χ1n) is 11.0. The van der Waals surface area contributed by atoms with Crippen molar-refractivity contribution in [3.63, 3.8) is 0 Å². The van der Waals surface area contributed by atoms with Crippen LogP contribution in [-0.2, 0) is 0 Å². The minimum atomic E-state index is -0.763. The van der Waals surface area contributed by atoms with E-state index in [9.17, 15) is 9.18 Å². The summed E-state index contributed by atoms with van der Waals surface area (Å²) in [6, 6.07) is 8.42. The van der Waals surface area contributed by atoms with Crippen LogP contribution < -0.4 is 11.3 Å². The lowest BCUT2D eigenvalue weighted by Crippen LogP contribution is -2.23. The Hall–Kier alpha value is -4.71. The second-order valence-electron chi connectivity index (χ2n) is 8.43.